The zero-order valence-electron chi connectivity index (χ0n) is 11.9. The molecule has 0 aromatic heterocycles. The summed E-state index contributed by atoms with van der Waals surface area (Å²) in [5.41, 5.74) is -0.500. The van der Waals surface area contributed by atoms with Crippen molar-refractivity contribution in [3.05, 3.63) is 38.4 Å². The molecule has 22 heavy (non-hydrogen) atoms. The lowest BCUT2D eigenvalue weighted by molar-refractivity contribution is -0.393. The van der Waals surface area contributed by atoms with Crippen LogP contribution in [0.3, 0.4) is 0 Å². The Kier molecular flexibility index (Phi) is 6.63. The van der Waals surface area contributed by atoms with Crippen LogP contribution >= 0.6 is 0 Å². The molecule has 1 atom stereocenters. The van der Waals surface area contributed by atoms with Gasteiger partial charge in [0.1, 0.15) is 11.8 Å². The average Bonchev–Trinajstić information content (AvgIpc) is 2.50. The molecular weight excluding hydrogens is 298 g/mol. The summed E-state index contributed by atoms with van der Waals surface area (Å²) in [6.45, 7) is -0.0190. The zero-order chi connectivity index (χ0) is 16.7. The van der Waals surface area contributed by atoms with Crippen molar-refractivity contribution in [2.45, 2.75) is 6.10 Å². The van der Waals surface area contributed by atoms with Crippen LogP contribution in [-0.2, 0) is 4.74 Å². The summed E-state index contributed by atoms with van der Waals surface area (Å²) in [6, 6.07) is 3.40. The Balaban J connectivity index is 2.74. The second-order valence-electron chi connectivity index (χ2n) is 4.52. The Labute approximate surface area is 125 Å². The standard InChI is InChI=1S/C12H17N3O7/c1-13(4-5-22-8-10(17)7-16)11-3-2-9(14(18)19)6-12(11)15(20)21/h2-3,6,10,16-17H,4-5,7-8H2,1H3. The number of benzene rings is 1. The molecule has 0 bridgehead atoms. The highest BCUT2D eigenvalue weighted by Gasteiger charge is 2.21. The Morgan fingerprint density at radius 1 is 1.32 bits per heavy atom. The molecule has 122 valence electrons. The van der Waals surface area contributed by atoms with E-state index in [1.165, 1.54) is 17.0 Å². The number of aliphatic hydroxyl groups is 2. The minimum Gasteiger partial charge on any atom is -0.394 e. The van der Waals surface area contributed by atoms with Crippen LogP contribution in [0.5, 0.6) is 0 Å². The molecule has 0 aliphatic heterocycles. The number of nitro groups is 2. The largest absolute Gasteiger partial charge is 0.394 e. The second-order valence-corrected chi connectivity index (χ2v) is 4.52. The van der Waals surface area contributed by atoms with Gasteiger partial charge in [-0.15, -0.1) is 0 Å². The number of nitrogens with zero attached hydrogens (tertiary/aromatic N) is 3. The number of anilines is 1. The van der Waals surface area contributed by atoms with E-state index in [2.05, 4.69) is 0 Å². The van der Waals surface area contributed by atoms with Crippen molar-refractivity contribution < 1.29 is 24.8 Å². The Morgan fingerprint density at radius 2 is 2.00 bits per heavy atom. The van der Waals surface area contributed by atoms with Gasteiger partial charge in [-0.05, 0) is 6.07 Å². The fourth-order valence-electron chi connectivity index (χ4n) is 1.69. The van der Waals surface area contributed by atoms with Gasteiger partial charge in [-0.3, -0.25) is 20.2 Å². The van der Waals surface area contributed by atoms with Gasteiger partial charge < -0.3 is 19.8 Å². The molecule has 1 unspecified atom stereocenters. The van der Waals surface area contributed by atoms with Gasteiger partial charge in [-0.25, -0.2) is 0 Å². The number of hydrogen-bond donors (Lipinski definition) is 2. The van der Waals surface area contributed by atoms with Gasteiger partial charge in [0, 0.05) is 19.7 Å². The quantitative estimate of drug-likeness (QED) is 0.377. The molecule has 0 spiro atoms. The fourth-order valence-corrected chi connectivity index (χ4v) is 1.69. The van der Waals surface area contributed by atoms with Crippen LogP contribution in [-0.4, -0.2) is 59.6 Å². The predicted molar refractivity (Wildman–Crippen MR) is 76.9 cm³/mol. The summed E-state index contributed by atoms with van der Waals surface area (Å²) in [5.74, 6) is 0. The minimum absolute atomic E-state index is 0.0489. The lowest BCUT2D eigenvalue weighted by atomic mass is 10.2. The van der Waals surface area contributed by atoms with Gasteiger partial charge in [-0.1, -0.05) is 0 Å². The third-order valence-electron chi connectivity index (χ3n) is 2.87. The maximum atomic E-state index is 11.0. The molecule has 0 fully saturated rings. The van der Waals surface area contributed by atoms with E-state index in [0.29, 0.717) is 0 Å². The number of nitro benzene ring substituents is 2. The molecule has 0 aliphatic carbocycles. The summed E-state index contributed by atoms with van der Waals surface area (Å²) >= 11 is 0. The van der Waals surface area contributed by atoms with Crippen LogP contribution in [0, 0.1) is 20.2 Å². The highest BCUT2D eigenvalue weighted by molar-refractivity contribution is 5.66. The molecule has 2 N–H and O–H groups in total. The van der Waals surface area contributed by atoms with Gasteiger partial charge in [0.05, 0.1) is 35.7 Å². The minimum atomic E-state index is -0.973. The van der Waals surface area contributed by atoms with E-state index < -0.39 is 22.6 Å². The van der Waals surface area contributed by atoms with Crippen LogP contribution in [0.15, 0.2) is 18.2 Å². The van der Waals surface area contributed by atoms with Crippen molar-refractivity contribution in [2.24, 2.45) is 0 Å². The zero-order valence-corrected chi connectivity index (χ0v) is 11.9. The van der Waals surface area contributed by atoms with E-state index >= 15 is 0 Å². The number of ether oxygens (including phenoxy) is 1. The van der Waals surface area contributed by atoms with Crippen molar-refractivity contribution in [3.63, 3.8) is 0 Å². The van der Waals surface area contributed by atoms with Gasteiger partial charge >= 0.3 is 0 Å². The molecule has 10 nitrogen and oxygen atoms in total. The highest BCUT2D eigenvalue weighted by Crippen LogP contribution is 2.31. The Bertz CT molecular complexity index is 537. The Morgan fingerprint density at radius 3 is 2.55 bits per heavy atom. The van der Waals surface area contributed by atoms with Crippen LogP contribution in [0.2, 0.25) is 0 Å². The molecule has 1 aromatic carbocycles. The van der Waals surface area contributed by atoms with E-state index in [9.17, 15) is 20.2 Å². The van der Waals surface area contributed by atoms with E-state index in [1.807, 2.05) is 0 Å². The van der Waals surface area contributed by atoms with Crippen molar-refractivity contribution in [2.75, 3.05) is 38.3 Å². The van der Waals surface area contributed by atoms with Crippen molar-refractivity contribution >= 4 is 17.1 Å². The lowest BCUT2D eigenvalue weighted by Gasteiger charge is -2.19. The maximum Gasteiger partial charge on any atom is 0.299 e. The number of likely N-dealkylation sites (N-methyl/N-ethyl adjacent to an activating group) is 1. The summed E-state index contributed by atoms with van der Waals surface area (Å²) in [7, 11) is 1.58. The number of hydrogen-bond acceptors (Lipinski definition) is 8. The molecule has 0 saturated carbocycles. The normalized spacial score (nSPS) is 12.0. The third kappa shape index (κ3) is 4.91. The Hall–Kier alpha value is -2.30. The van der Waals surface area contributed by atoms with Gasteiger partial charge in [-0.2, -0.15) is 0 Å². The third-order valence-corrected chi connectivity index (χ3v) is 2.87. The van der Waals surface area contributed by atoms with Crippen molar-refractivity contribution in [1.82, 2.24) is 0 Å². The number of aliphatic hydroxyl groups excluding tert-OH is 2. The van der Waals surface area contributed by atoms with Gasteiger partial charge in [0.15, 0.2) is 0 Å². The lowest BCUT2D eigenvalue weighted by Crippen LogP contribution is -2.26. The predicted octanol–water partition coefficient (Wildman–Crippen LogP) is 0.309. The van der Waals surface area contributed by atoms with Crippen molar-refractivity contribution in [1.29, 1.82) is 0 Å². The van der Waals surface area contributed by atoms with E-state index in [0.717, 1.165) is 6.07 Å². The SMILES string of the molecule is CN(CCOCC(O)CO)c1ccc([N+](=O)[O-])cc1[N+](=O)[O-]. The van der Waals surface area contributed by atoms with Crippen LogP contribution < -0.4 is 4.90 Å². The first kappa shape index (κ1) is 17.8. The maximum absolute atomic E-state index is 11.0. The summed E-state index contributed by atoms with van der Waals surface area (Å²) < 4.78 is 5.11. The van der Waals surface area contributed by atoms with Gasteiger partial charge in [0.25, 0.3) is 11.4 Å². The van der Waals surface area contributed by atoms with E-state index in [4.69, 9.17) is 14.9 Å². The molecule has 0 radical (unpaired) electrons. The molecule has 0 aliphatic rings. The topological polar surface area (TPSA) is 139 Å². The average molecular weight is 315 g/mol. The molecular formula is C12H17N3O7. The van der Waals surface area contributed by atoms with Gasteiger partial charge in [0.2, 0.25) is 0 Å². The van der Waals surface area contributed by atoms with Crippen molar-refractivity contribution in [3.8, 4) is 0 Å². The fraction of sp³-hybridized carbons (Fsp3) is 0.500. The molecule has 0 saturated heterocycles. The molecule has 1 aromatic rings. The first-order valence-corrected chi connectivity index (χ1v) is 6.37. The van der Waals surface area contributed by atoms with Crippen LogP contribution in [0.1, 0.15) is 0 Å². The van der Waals surface area contributed by atoms with Crippen LogP contribution in [0.25, 0.3) is 0 Å². The molecule has 1 rings (SSSR count). The van der Waals surface area contributed by atoms with E-state index in [-0.39, 0.29) is 36.8 Å². The van der Waals surface area contributed by atoms with E-state index in [1.54, 1.807) is 7.05 Å². The molecule has 10 heteroatoms. The molecule has 0 heterocycles. The summed E-state index contributed by atoms with van der Waals surface area (Å²) in [4.78, 5) is 21.8. The van der Waals surface area contributed by atoms with Crippen LogP contribution in [0.4, 0.5) is 17.1 Å². The first-order chi connectivity index (χ1) is 10.4. The number of rotatable bonds is 9. The monoisotopic (exact) mass is 315 g/mol. The number of non-ortho nitro benzene ring substituents is 1. The second kappa shape index (κ2) is 8.22. The smallest absolute Gasteiger partial charge is 0.299 e. The highest BCUT2D eigenvalue weighted by atomic mass is 16.6. The molecule has 0 amide bonds. The first-order valence-electron chi connectivity index (χ1n) is 6.37. The summed E-state index contributed by atoms with van der Waals surface area (Å²) in [5, 5.41) is 39.4. The summed E-state index contributed by atoms with van der Waals surface area (Å²) in [6.07, 6.45) is -0.973.